The molecule has 2 aromatic heterocycles. The topological polar surface area (TPSA) is 64.5 Å². The summed E-state index contributed by atoms with van der Waals surface area (Å²) >= 11 is 1.82. The summed E-state index contributed by atoms with van der Waals surface area (Å²) in [5.41, 5.74) is 1.46. The first kappa shape index (κ1) is 16.9. The Bertz CT molecular complexity index is 790. The van der Waals surface area contributed by atoms with Crippen molar-refractivity contribution in [1.82, 2.24) is 20.2 Å². The van der Waals surface area contributed by atoms with Crippen molar-refractivity contribution in [2.24, 2.45) is 5.92 Å². The van der Waals surface area contributed by atoms with Crippen molar-refractivity contribution < 1.29 is 5.11 Å². The predicted octanol–water partition coefficient (Wildman–Crippen LogP) is 1.62. The molecular weight excluding hydrogens is 346 g/mol. The standard InChI is InChI=1S/C19H27N5OS/c25-8-4-14-11-24(7-6-23(14)10-13-1-2-13)18-17-15-3-5-20-9-16(15)26-19(17)22-12-21-18/h12-14,20,25H,1-11H2. The van der Waals surface area contributed by atoms with E-state index in [1.807, 2.05) is 11.3 Å². The molecule has 0 spiro atoms. The van der Waals surface area contributed by atoms with Crippen LogP contribution in [0.2, 0.25) is 0 Å². The monoisotopic (exact) mass is 373 g/mol. The second kappa shape index (κ2) is 7.03. The Morgan fingerprint density at radius 1 is 1.27 bits per heavy atom. The average Bonchev–Trinajstić information content (AvgIpc) is 3.40. The van der Waals surface area contributed by atoms with Crippen LogP contribution in [0.1, 0.15) is 29.7 Å². The lowest BCUT2D eigenvalue weighted by Crippen LogP contribution is -2.54. The zero-order chi connectivity index (χ0) is 17.5. The maximum Gasteiger partial charge on any atom is 0.141 e. The van der Waals surface area contributed by atoms with E-state index < -0.39 is 0 Å². The van der Waals surface area contributed by atoms with Gasteiger partial charge in [-0.3, -0.25) is 4.90 Å². The van der Waals surface area contributed by atoms with E-state index in [2.05, 4.69) is 20.1 Å². The fourth-order valence-electron chi connectivity index (χ4n) is 4.46. The van der Waals surface area contributed by atoms with Gasteiger partial charge in [0, 0.05) is 50.2 Å². The molecule has 5 rings (SSSR count). The van der Waals surface area contributed by atoms with E-state index in [0.717, 1.165) is 62.1 Å². The van der Waals surface area contributed by atoms with E-state index >= 15 is 0 Å². The fraction of sp³-hybridized carbons (Fsp3) is 0.684. The molecule has 1 saturated carbocycles. The summed E-state index contributed by atoms with van der Waals surface area (Å²) in [6, 6.07) is 0.426. The summed E-state index contributed by atoms with van der Waals surface area (Å²) < 4.78 is 0. The molecule has 0 aromatic carbocycles. The number of anilines is 1. The zero-order valence-corrected chi connectivity index (χ0v) is 16.0. The Kier molecular flexibility index (Phi) is 4.56. The van der Waals surface area contributed by atoms with Crippen molar-refractivity contribution in [3.63, 3.8) is 0 Å². The van der Waals surface area contributed by atoms with Crippen LogP contribution in [0.4, 0.5) is 5.82 Å². The summed E-state index contributed by atoms with van der Waals surface area (Å²) in [7, 11) is 0. The molecule has 1 atom stereocenters. The summed E-state index contributed by atoms with van der Waals surface area (Å²) in [6.45, 7) is 6.51. The normalized spacial score (nSPS) is 24.2. The van der Waals surface area contributed by atoms with Gasteiger partial charge in [0.2, 0.25) is 0 Å². The molecular formula is C19H27N5OS. The minimum atomic E-state index is 0.262. The molecule has 4 heterocycles. The second-order valence-corrected chi connectivity index (χ2v) is 8.94. The summed E-state index contributed by atoms with van der Waals surface area (Å²) in [4.78, 5) is 16.9. The molecule has 2 fully saturated rings. The van der Waals surface area contributed by atoms with Crippen LogP contribution >= 0.6 is 11.3 Å². The van der Waals surface area contributed by atoms with Gasteiger partial charge >= 0.3 is 0 Å². The molecule has 1 saturated heterocycles. The number of nitrogens with one attached hydrogen (secondary N) is 1. The molecule has 6 nitrogen and oxygen atoms in total. The Balaban J connectivity index is 1.45. The molecule has 0 radical (unpaired) electrons. The third-order valence-corrected chi connectivity index (χ3v) is 7.18. The first-order chi connectivity index (χ1) is 12.8. The van der Waals surface area contributed by atoms with Crippen LogP contribution in [0.5, 0.6) is 0 Å². The van der Waals surface area contributed by atoms with Gasteiger partial charge in [0.15, 0.2) is 0 Å². The molecule has 0 bridgehead atoms. The molecule has 3 aliphatic rings. The van der Waals surface area contributed by atoms with Crippen LogP contribution in [0.3, 0.4) is 0 Å². The molecule has 7 heteroatoms. The van der Waals surface area contributed by atoms with Crippen molar-refractivity contribution in [1.29, 1.82) is 0 Å². The molecule has 2 aromatic rings. The molecule has 140 valence electrons. The van der Waals surface area contributed by atoms with Crippen molar-refractivity contribution >= 4 is 27.4 Å². The van der Waals surface area contributed by atoms with Crippen molar-refractivity contribution in [3.05, 3.63) is 16.8 Å². The lowest BCUT2D eigenvalue weighted by molar-refractivity contribution is 0.137. The van der Waals surface area contributed by atoms with Crippen molar-refractivity contribution in [2.75, 3.05) is 44.2 Å². The summed E-state index contributed by atoms with van der Waals surface area (Å²) in [5.74, 6) is 2.01. The number of hydrogen-bond acceptors (Lipinski definition) is 7. The lowest BCUT2D eigenvalue weighted by Gasteiger charge is -2.42. The summed E-state index contributed by atoms with van der Waals surface area (Å²) in [6.07, 6.45) is 6.41. The van der Waals surface area contributed by atoms with Gasteiger partial charge < -0.3 is 15.3 Å². The fourth-order valence-corrected chi connectivity index (χ4v) is 5.61. The molecule has 2 N–H and O–H groups in total. The van der Waals surface area contributed by atoms with Crippen LogP contribution in [0.25, 0.3) is 10.2 Å². The quantitative estimate of drug-likeness (QED) is 0.830. The molecule has 2 aliphatic heterocycles. The molecule has 26 heavy (non-hydrogen) atoms. The third-order valence-electron chi connectivity index (χ3n) is 6.04. The van der Waals surface area contributed by atoms with E-state index in [1.54, 1.807) is 6.33 Å². The van der Waals surface area contributed by atoms with Gasteiger partial charge in [-0.05, 0) is 43.7 Å². The van der Waals surface area contributed by atoms with Crippen LogP contribution in [0.15, 0.2) is 6.33 Å². The van der Waals surface area contributed by atoms with Crippen LogP contribution < -0.4 is 10.2 Å². The first-order valence-corrected chi connectivity index (χ1v) is 10.7. The molecule has 0 amide bonds. The number of aromatic nitrogens is 2. The zero-order valence-electron chi connectivity index (χ0n) is 15.2. The summed E-state index contributed by atoms with van der Waals surface area (Å²) in [5, 5.41) is 14.3. The maximum absolute atomic E-state index is 9.56. The largest absolute Gasteiger partial charge is 0.396 e. The Morgan fingerprint density at radius 3 is 3.04 bits per heavy atom. The van der Waals surface area contributed by atoms with Gasteiger partial charge in [0.05, 0.1) is 5.39 Å². The number of piperazine rings is 1. The highest BCUT2D eigenvalue weighted by Crippen LogP contribution is 2.38. The second-order valence-electron chi connectivity index (χ2n) is 7.86. The van der Waals surface area contributed by atoms with E-state index in [-0.39, 0.29) is 6.61 Å². The SMILES string of the molecule is OCCC1CN(c2ncnc3sc4c(c23)CCNC4)CCN1CC1CC1. The Hall–Kier alpha value is -1.28. The number of thiophene rings is 1. The van der Waals surface area contributed by atoms with E-state index in [4.69, 9.17) is 4.98 Å². The number of fused-ring (bicyclic) bond motifs is 3. The molecule has 1 aliphatic carbocycles. The predicted molar refractivity (Wildman–Crippen MR) is 105 cm³/mol. The number of rotatable bonds is 5. The van der Waals surface area contributed by atoms with Crippen LogP contribution in [-0.4, -0.2) is 65.3 Å². The highest BCUT2D eigenvalue weighted by molar-refractivity contribution is 7.19. The van der Waals surface area contributed by atoms with Gasteiger partial charge in [-0.2, -0.15) is 0 Å². The number of nitrogens with zero attached hydrogens (tertiary/aromatic N) is 4. The minimum absolute atomic E-state index is 0.262. The van der Waals surface area contributed by atoms with E-state index in [1.165, 1.54) is 35.2 Å². The highest BCUT2D eigenvalue weighted by atomic mass is 32.1. The number of aliphatic hydroxyl groups excluding tert-OH is 1. The Labute approximate surface area is 158 Å². The van der Waals surface area contributed by atoms with E-state index in [9.17, 15) is 5.11 Å². The van der Waals surface area contributed by atoms with Crippen molar-refractivity contribution in [2.45, 2.75) is 38.3 Å². The number of aliphatic hydroxyl groups is 1. The number of hydrogen-bond donors (Lipinski definition) is 2. The minimum Gasteiger partial charge on any atom is -0.396 e. The van der Waals surface area contributed by atoms with Gasteiger partial charge in [-0.15, -0.1) is 11.3 Å². The lowest BCUT2D eigenvalue weighted by atomic mass is 10.0. The van der Waals surface area contributed by atoms with E-state index in [0.29, 0.717) is 6.04 Å². The molecule has 1 unspecified atom stereocenters. The smallest absolute Gasteiger partial charge is 0.141 e. The third kappa shape index (κ3) is 3.11. The Morgan fingerprint density at radius 2 is 2.19 bits per heavy atom. The average molecular weight is 374 g/mol. The van der Waals surface area contributed by atoms with Gasteiger partial charge in [-0.25, -0.2) is 9.97 Å². The van der Waals surface area contributed by atoms with Gasteiger partial charge in [0.1, 0.15) is 17.0 Å². The van der Waals surface area contributed by atoms with Crippen LogP contribution in [-0.2, 0) is 13.0 Å². The van der Waals surface area contributed by atoms with Gasteiger partial charge in [0.25, 0.3) is 0 Å². The first-order valence-electron chi connectivity index (χ1n) is 9.89. The van der Waals surface area contributed by atoms with Crippen LogP contribution in [0, 0.1) is 5.92 Å². The van der Waals surface area contributed by atoms with Gasteiger partial charge in [-0.1, -0.05) is 0 Å². The maximum atomic E-state index is 9.56. The van der Waals surface area contributed by atoms with Crippen molar-refractivity contribution in [3.8, 4) is 0 Å². The highest BCUT2D eigenvalue weighted by Gasteiger charge is 2.33.